The van der Waals surface area contributed by atoms with E-state index >= 15 is 0 Å². The summed E-state index contributed by atoms with van der Waals surface area (Å²) in [7, 11) is -0.814. The fourth-order valence-corrected chi connectivity index (χ4v) is 3.43. The van der Waals surface area contributed by atoms with Crippen LogP contribution >= 0.6 is 0 Å². The van der Waals surface area contributed by atoms with Gasteiger partial charge in [0.1, 0.15) is 0 Å². The van der Waals surface area contributed by atoms with E-state index in [1.807, 2.05) is 6.92 Å². The van der Waals surface area contributed by atoms with Crippen molar-refractivity contribution in [3.05, 3.63) is 47.7 Å². The molecule has 0 saturated carbocycles. The van der Waals surface area contributed by atoms with Gasteiger partial charge in [0.15, 0.2) is 5.82 Å². The molecule has 0 fully saturated rings. The number of ether oxygens (including phenoxy) is 1. The quantitative estimate of drug-likeness (QED) is 0.805. The van der Waals surface area contributed by atoms with Crippen molar-refractivity contribution in [3.8, 4) is 0 Å². The van der Waals surface area contributed by atoms with Gasteiger partial charge in [-0.15, -0.1) is 0 Å². The van der Waals surface area contributed by atoms with Crippen molar-refractivity contribution >= 4 is 21.8 Å². The second kappa shape index (κ2) is 6.82. The Balaban J connectivity index is 2.22. The largest absolute Gasteiger partial charge is 0.469 e. The summed E-state index contributed by atoms with van der Waals surface area (Å²) >= 11 is 0. The molecule has 0 unspecified atom stereocenters. The van der Waals surface area contributed by atoms with Gasteiger partial charge in [0, 0.05) is 18.8 Å². The normalized spacial score (nSPS) is 12.7. The highest BCUT2D eigenvalue weighted by Crippen LogP contribution is 2.20. The summed E-state index contributed by atoms with van der Waals surface area (Å²) in [4.78, 5) is 12.0. The predicted octanol–water partition coefficient (Wildman–Crippen LogP) is 1.43. The number of hydrogen-bond donors (Lipinski definition) is 1. The van der Waals surface area contributed by atoms with Crippen molar-refractivity contribution in [1.82, 2.24) is 9.78 Å². The zero-order chi connectivity index (χ0) is 17.0. The molecule has 0 aliphatic carbocycles. The van der Waals surface area contributed by atoms with Crippen LogP contribution in [0.5, 0.6) is 0 Å². The number of aromatic nitrogens is 2. The third kappa shape index (κ3) is 4.32. The number of sulfonamides is 1. The van der Waals surface area contributed by atoms with Crippen LogP contribution in [0, 0.1) is 6.92 Å². The highest BCUT2D eigenvalue weighted by molar-refractivity contribution is 7.92. The van der Waals surface area contributed by atoms with E-state index in [1.54, 1.807) is 48.1 Å². The minimum atomic E-state index is -3.77. The van der Waals surface area contributed by atoms with Gasteiger partial charge in [-0.1, -0.05) is 30.3 Å². The molecule has 1 heterocycles. The Kier molecular flexibility index (Phi) is 5.05. The first-order valence-corrected chi connectivity index (χ1v) is 8.61. The van der Waals surface area contributed by atoms with Gasteiger partial charge in [-0.3, -0.25) is 14.2 Å². The molecule has 2 rings (SSSR count). The SMILES string of the molecule is COC(=O)[C@H](CS(=O)(=O)Nc1cc(C)n(C)n1)c1ccccc1. The van der Waals surface area contributed by atoms with E-state index in [0.717, 1.165) is 5.69 Å². The third-order valence-electron chi connectivity index (χ3n) is 3.45. The van der Waals surface area contributed by atoms with Gasteiger partial charge in [0.2, 0.25) is 10.0 Å². The number of nitrogens with one attached hydrogen (secondary N) is 1. The van der Waals surface area contributed by atoms with E-state index in [9.17, 15) is 13.2 Å². The van der Waals surface area contributed by atoms with Crippen LogP contribution < -0.4 is 4.72 Å². The highest BCUT2D eigenvalue weighted by atomic mass is 32.2. The Bertz CT molecular complexity index is 765. The zero-order valence-electron chi connectivity index (χ0n) is 13.2. The summed E-state index contributed by atoms with van der Waals surface area (Å²) in [6, 6.07) is 10.3. The highest BCUT2D eigenvalue weighted by Gasteiger charge is 2.28. The van der Waals surface area contributed by atoms with E-state index in [0.29, 0.717) is 5.56 Å². The second-order valence-corrected chi connectivity index (χ2v) is 6.93. The molecule has 1 atom stereocenters. The van der Waals surface area contributed by atoms with Crippen LogP contribution in [-0.2, 0) is 26.6 Å². The number of hydrogen-bond acceptors (Lipinski definition) is 5. The fraction of sp³-hybridized carbons (Fsp3) is 0.333. The molecular formula is C15H19N3O4S. The van der Waals surface area contributed by atoms with Crippen molar-refractivity contribution in [2.24, 2.45) is 7.05 Å². The van der Waals surface area contributed by atoms with Crippen LogP contribution in [0.2, 0.25) is 0 Å². The lowest BCUT2D eigenvalue weighted by Gasteiger charge is -2.15. The van der Waals surface area contributed by atoms with E-state index in [1.165, 1.54) is 7.11 Å². The molecule has 8 heteroatoms. The Labute approximate surface area is 135 Å². The Hall–Kier alpha value is -2.35. The third-order valence-corrected chi connectivity index (χ3v) is 4.74. The molecule has 0 amide bonds. The number of anilines is 1. The zero-order valence-corrected chi connectivity index (χ0v) is 14.0. The molecule has 2 aromatic rings. The topological polar surface area (TPSA) is 90.3 Å². The lowest BCUT2D eigenvalue weighted by Crippen LogP contribution is -2.27. The Morgan fingerprint density at radius 2 is 2.00 bits per heavy atom. The maximum absolute atomic E-state index is 12.4. The van der Waals surface area contributed by atoms with Crippen LogP contribution in [0.3, 0.4) is 0 Å². The second-order valence-electron chi connectivity index (χ2n) is 5.16. The molecule has 0 aliphatic rings. The molecule has 0 radical (unpaired) electrons. The van der Waals surface area contributed by atoms with Gasteiger partial charge in [-0.2, -0.15) is 5.10 Å². The standard InChI is InChI=1S/C15H19N3O4S/c1-11-9-14(16-18(11)2)17-23(20,21)10-13(15(19)22-3)12-7-5-4-6-8-12/h4-9,13H,10H2,1-3H3,(H,16,17)/t13-/m1/s1. The van der Waals surface area contributed by atoms with Gasteiger partial charge in [-0.05, 0) is 12.5 Å². The number of nitrogens with zero attached hydrogens (tertiary/aromatic N) is 2. The predicted molar refractivity (Wildman–Crippen MR) is 86.6 cm³/mol. The summed E-state index contributed by atoms with van der Waals surface area (Å²) in [5, 5.41) is 4.05. The Morgan fingerprint density at radius 3 is 2.52 bits per heavy atom. The van der Waals surface area contributed by atoms with Crippen molar-refractivity contribution < 1.29 is 17.9 Å². The van der Waals surface area contributed by atoms with E-state index < -0.39 is 27.7 Å². The molecule has 0 aliphatic heterocycles. The minimum absolute atomic E-state index is 0.224. The first kappa shape index (κ1) is 17.0. The summed E-state index contributed by atoms with van der Waals surface area (Å²) in [6.45, 7) is 1.81. The molecular weight excluding hydrogens is 318 g/mol. The fourth-order valence-electron chi connectivity index (χ4n) is 2.16. The number of methoxy groups -OCH3 is 1. The van der Waals surface area contributed by atoms with E-state index in [2.05, 4.69) is 9.82 Å². The molecule has 1 aromatic heterocycles. The minimum Gasteiger partial charge on any atom is -0.469 e. The smallest absolute Gasteiger partial charge is 0.314 e. The van der Waals surface area contributed by atoms with Crippen LogP contribution in [0.1, 0.15) is 17.2 Å². The van der Waals surface area contributed by atoms with Gasteiger partial charge >= 0.3 is 5.97 Å². The van der Waals surface area contributed by atoms with Crippen molar-refractivity contribution in [1.29, 1.82) is 0 Å². The van der Waals surface area contributed by atoms with Crippen molar-refractivity contribution in [2.75, 3.05) is 17.6 Å². The lowest BCUT2D eigenvalue weighted by molar-refractivity contribution is -0.141. The maximum atomic E-state index is 12.4. The summed E-state index contributed by atoms with van der Waals surface area (Å²) < 4.78 is 33.4. The first-order chi connectivity index (χ1) is 10.8. The van der Waals surface area contributed by atoms with Crippen LogP contribution in [0.25, 0.3) is 0 Å². The van der Waals surface area contributed by atoms with Crippen LogP contribution in [0.15, 0.2) is 36.4 Å². The van der Waals surface area contributed by atoms with E-state index in [4.69, 9.17) is 4.74 Å². The van der Waals surface area contributed by atoms with Gasteiger partial charge in [0.25, 0.3) is 0 Å². The van der Waals surface area contributed by atoms with Crippen LogP contribution in [-0.4, -0.2) is 37.0 Å². The van der Waals surface area contributed by atoms with Crippen LogP contribution in [0.4, 0.5) is 5.82 Å². The summed E-state index contributed by atoms with van der Waals surface area (Å²) in [6.07, 6.45) is 0. The summed E-state index contributed by atoms with van der Waals surface area (Å²) in [5.41, 5.74) is 1.40. The average Bonchev–Trinajstić information content (AvgIpc) is 2.82. The molecule has 0 spiro atoms. The van der Waals surface area contributed by atoms with E-state index in [-0.39, 0.29) is 5.82 Å². The van der Waals surface area contributed by atoms with Gasteiger partial charge < -0.3 is 4.74 Å². The molecule has 0 saturated heterocycles. The monoisotopic (exact) mass is 337 g/mol. The van der Waals surface area contributed by atoms with Gasteiger partial charge in [-0.25, -0.2) is 8.42 Å². The molecule has 124 valence electrons. The number of esters is 1. The molecule has 7 nitrogen and oxygen atoms in total. The number of carbonyl (C=O) groups is 1. The molecule has 1 N–H and O–H groups in total. The molecule has 23 heavy (non-hydrogen) atoms. The first-order valence-electron chi connectivity index (χ1n) is 6.96. The average molecular weight is 337 g/mol. The molecule has 1 aromatic carbocycles. The maximum Gasteiger partial charge on any atom is 0.314 e. The number of benzene rings is 1. The molecule has 0 bridgehead atoms. The van der Waals surface area contributed by atoms with Crippen molar-refractivity contribution in [3.63, 3.8) is 0 Å². The summed E-state index contributed by atoms with van der Waals surface area (Å²) in [5.74, 6) is -1.69. The van der Waals surface area contributed by atoms with Crippen molar-refractivity contribution in [2.45, 2.75) is 12.8 Å². The number of rotatable bonds is 6. The Morgan fingerprint density at radius 1 is 1.35 bits per heavy atom. The number of carbonyl (C=O) groups excluding carboxylic acids is 1. The lowest BCUT2D eigenvalue weighted by atomic mass is 10.0. The number of aryl methyl sites for hydroxylation is 2. The van der Waals surface area contributed by atoms with Gasteiger partial charge in [0.05, 0.1) is 18.8 Å².